The minimum atomic E-state index is 0.134. The van der Waals surface area contributed by atoms with E-state index in [9.17, 15) is 0 Å². The summed E-state index contributed by atoms with van der Waals surface area (Å²) in [6, 6.07) is 21.5. The number of anilines is 1. The molecule has 0 radical (unpaired) electrons. The van der Waals surface area contributed by atoms with Gasteiger partial charge >= 0.3 is 0 Å². The van der Waals surface area contributed by atoms with Crippen LogP contribution < -0.4 is 5.01 Å². The van der Waals surface area contributed by atoms with Gasteiger partial charge in [-0.15, -0.1) is 0 Å². The van der Waals surface area contributed by atoms with Gasteiger partial charge in [0, 0.05) is 43.1 Å². The highest BCUT2D eigenvalue weighted by molar-refractivity contribution is 5.49. The minimum absolute atomic E-state index is 0.134. The molecule has 1 aliphatic heterocycles. The summed E-state index contributed by atoms with van der Waals surface area (Å²) in [5.41, 5.74) is 6.14. The van der Waals surface area contributed by atoms with Crippen molar-refractivity contribution in [2.45, 2.75) is 44.9 Å². The number of aromatic nitrogens is 2. The van der Waals surface area contributed by atoms with Gasteiger partial charge in [-0.05, 0) is 69.4 Å². The first-order valence-electron chi connectivity index (χ1n) is 11.0. The molecule has 4 heteroatoms. The van der Waals surface area contributed by atoms with E-state index >= 15 is 0 Å². The first-order valence-corrected chi connectivity index (χ1v) is 11.0. The number of hydrogen-bond acceptors (Lipinski definition) is 4. The summed E-state index contributed by atoms with van der Waals surface area (Å²) < 4.78 is 0. The highest BCUT2D eigenvalue weighted by atomic mass is 15.6. The van der Waals surface area contributed by atoms with Crippen LogP contribution in [0.15, 0.2) is 66.9 Å². The van der Waals surface area contributed by atoms with Crippen molar-refractivity contribution in [3.05, 3.63) is 89.5 Å². The zero-order valence-corrected chi connectivity index (χ0v) is 18.4. The van der Waals surface area contributed by atoms with Crippen LogP contribution in [0.2, 0.25) is 0 Å². The predicted octanol–water partition coefficient (Wildman–Crippen LogP) is 5.11. The maximum atomic E-state index is 4.80. The van der Waals surface area contributed by atoms with Gasteiger partial charge in [-0.3, -0.25) is 9.97 Å². The van der Waals surface area contributed by atoms with Crippen LogP contribution in [0.4, 0.5) is 5.69 Å². The monoisotopic (exact) mass is 400 g/mol. The summed E-state index contributed by atoms with van der Waals surface area (Å²) >= 11 is 0. The van der Waals surface area contributed by atoms with Crippen molar-refractivity contribution in [1.82, 2.24) is 15.0 Å². The summed E-state index contributed by atoms with van der Waals surface area (Å²) in [5, 5.41) is 4.75. The van der Waals surface area contributed by atoms with E-state index in [1.54, 1.807) is 0 Å². The predicted molar refractivity (Wildman–Crippen MR) is 124 cm³/mol. The van der Waals surface area contributed by atoms with Crippen molar-refractivity contribution in [3.63, 3.8) is 0 Å². The lowest BCUT2D eigenvalue weighted by Crippen LogP contribution is -2.50. The number of hydrazine groups is 1. The van der Waals surface area contributed by atoms with E-state index in [-0.39, 0.29) is 5.41 Å². The largest absolute Gasteiger partial charge is 0.307 e. The Morgan fingerprint density at radius 2 is 1.67 bits per heavy atom. The first-order chi connectivity index (χ1) is 14.6. The number of hydrogen-bond donors (Lipinski definition) is 0. The van der Waals surface area contributed by atoms with Gasteiger partial charge in [0.15, 0.2) is 0 Å². The number of rotatable bonds is 6. The molecule has 0 bridgehead atoms. The topological polar surface area (TPSA) is 32.3 Å². The maximum Gasteiger partial charge on any atom is 0.0731 e. The van der Waals surface area contributed by atoms with Gasteiger partial charge in [-0.1, -0.05) is 36.4 Å². The number of piperidine rings is 1. The van der Waals surface area contributed by atoms with Crippen LogP contribution in [0.1, 0.15) is 41.9 Å². The van der Waals surface area contributed by atoms with Crippen molar-refractivity contribution in [1.29, 1.82) is 0 Å². The Kier molecular flexibility index (Phi) is 6.14. The molecule has 0 unspecified atom stereocenters. The average molecular weight is 401 g/mol. The summed E-state index contributed by atoms with van der Waals surface area (Å²) in [4.78, 5) is 9.45. The van der Waals surface area contributed by atoms with Crippen molar-refractivity contribution in [2.24, 2.45) is 0 Å². The fraction of sp³-hybridized carbons (Fsp3) is 0.385. The number of aryl methyl sites for hydroxylation is 3. The lowest BCUT2D eigenvalue weighted by molar-refractivity contribution is 0.143. The second kappa shape index (κ2) is 8.97. The molecule has 30 heavy (non-hydrogen) atoms. The molecule has 2 aromatic heterocycles. The maximum absolute atomic E-state index is 4.80. The van der Waals surface area contributed by atoms with Gasteiger partial charge in [0.2, 0.25) is 0 Å². The fourth-order valence-corrected chi connectivity index (χ4v) is 4.74. The Bertz CT molecular complexity index is 947. The molecular formula is C26H32N4. The lowest BCUT2D eigenvalue weighted by atomic mass is 9.71. The number of pyridine rings is 2. The number of benzene rings is 1. The van der Waals surface area contributed by atoms with E-state index in [2.05, 4.69) is 83.6 Å². The summed E-state index contributed by atoms with van der Waals surface area (Å²) in [5.74, 6) is 0. The SMILES string of the molecule is Cc1ccc(N(C)N2CCC(CCc3ccccc3)(c3ccccn3)CC2)c(C)n1. The van der Waals surface area contributed by atoms with Crippen LogP contribution in [0.5, 0.6) is 0 Å². The molecule has 156 valence electrons. The fourth-order valence-electron chi connectivity index (χ4n) is 4.74. The third-order valence-electron chi connectivity index (χ3n) is 6.61. The second-order valence-electron chi connectivity index (χ2n) is 8.52. The van der Waals surface area contributed by atoms with Crippen molar-refractivity contribution in [2.75, 3.05) is 25.1 Å². The Morgan fingerprint density at radius 1 is 0.933 bits per heavy atom. The normalized spacial score (nSPS) is 16.4. The van der Waals surface area contributed by atoms with Crippen LogP contribution in [-0.4, -0.2) is 35.1 Å². The van der Waals surface area contributed by atoms with Crippen LogP contribution in [0.3, 0.4) is 0 Å². The molecule has 4 rings (SSSR count). The van der Waals surface area contributed by atoms with Crippen LogP contribution >= 0.6 is 0 Å². The first kappa shape index (κ1) is 20.5. The quantitative estimate of drug-likeness (QED) is 0.575. The molecule has 3 aromatic rings. The third kappa shape index (κ3) is 4.39. The molecule has 1 saturated heterocycles. The lowest BCUT2D eigenvalue weighted by Gasteiger charge is -2.45. The van der Waals surface area contributed by atoms with Crippen LogP contribution in [0.25, 0.3) is 0 Å². The molecule has 0 aliphatic carbocycles. The van der Waals surface area contributed by atoms with Gasteiger partial charge < -0.3 is 5.01 Å². The number of nitrogens with zero attached hydrogens (tertiary/aromatic N) is 4. The molecule has 4 nitrogen and oxygen atoms in total. The van der Waals surface area contributed by atoms with E-state index in [0.717, 1.165) is 50.2 Å². The molecule has 0 spiro atoms. The van der Waals surface area contributed by atoms with Crippen molar-refractivity contribution >= 4 is 5.69 Å². The van der Waals surface area contributed by atoms with Crippen molar-refractivity contribution in [3.8, 4) is 0 Å². The average Bonchev–Trinajstić information content (AvgIpc) is 2.79. The van der Waals surface area contributed by atoms with Crippen molar-refractivity contribution < 1.29 is 0 Å². The molecule has 0 saturated carbocycles. The summed E-state index contributed by atoms with van der Waals surface area (Å²) in [7, 11) is 2.16. The zero-order chi connectivity index (χ0) is 21.0. The zero-order valence-electron chi connectivity index (χ0n) is 18.4. The molecular weight excluding hydrogens is 368 g/mol. The second-order valence-corrected chi connectivity index (χ2v) is 8.52. The van der Waals surface area contributed by atoms with E-state index < -0.39 is 0 Å². The standard InChI is InChI=1S/C26H32N4/c1-21-12-13-24(22(2)28-21)29(3)30-19-16-26(17-20-30,25-11-7-8-18-27-25)15-14-23-9-5-4-6-10-23/h4-13,18H,14-17,19-20H2,1-3H3. The highest BCUT2D eigenvalue weighted by Crippen LogP contribution is 2.39. The summed E-state index contributed by atoms with van der Waals surface area (Å²) in [6.07, 6.45) is 6.39. The highest BCUT2D eigenvalue weighted by Gasteiger charge is 2.38. The molecule has 1 aliphatic rings. The molecule has 0 amide bonds. The van der Waals surface area contributed by atoms with Gasteiger partial charge in [0.1, 0.15) is 0 Å². The van der Waals surface area contributed by atoms with Crippen LogP contribution in [0, 0.1) is 13.8 Å². The van der Waals surface area contributed by atoms with Gasteiger partial charge in [-0.25, -0.2) is 5.01 Å². The van der Waals surface area contributed by atoms with E-state index in [1.165, 1.54) is 16.9 Å². The van der Waals surface area contributed by atoms with Gasteiger partial charge in [0.05, 0.1) is 11.4 Å². The third-order valence-corrected chi connectivity index (χ3v) is 6.61. The van der Waals surface area contributed by atoms with Gasteiger partial charge in [0.25, 0.3) is 0 Å². The smallest absolute Gasteiger partial charge is 0.0731 e. The molecule has 0 atom stereocenters. The van der Waals surface area contributed by atoms with Crippen LogP contribution in [-0.2, 0) is 11.8 Å². The Hall–Kier alpha value is -2.72. The molecule has 1 fully saturated rings. The van der Waals surface area contributed by atoms with Gasteiger partial charge in [-0.2, -0.15) is 0 Å². The molecule has 3 heterocycles. The Morgan fingerprint density at radius 3 is 2.33 bits per heavy atom. The molecule has 0 N–H and O–H groups in total. The Labute approximate surface area is 180 Å². The molecule has 1 aromatic carbocycles. The Balaban J connectivity index is 1.51. The van der Waals surface area contributed by atoms with E-state index in [1.807, 2.05) is 19.2 Å². The van der Waals surface area contributed by atoms with E-state index in [4.69, 9.17) is 4.98 Å². The van der Waals surface area contributed by atoms with E-state index in [0.29, 0.717) is 0 Å². The minimum Gasteiger partial charge on any atom is -0.307 e. The summed E-state index contributed by atoms with van der Waals surface area (Å²) in [6.45, 7) is 6.19.